The second-order valence-corrected chi connectivity index (χ2v) is 5.44. The first-order valence-corrected chi connectivity index (χ1v) is 7.38. The Morgan fingerprint density at radius 3 is 2.83 bits per heavy atom. The molecule has 0 spiro atoms. The summed E-state index contributed by atoms with van der Waals surface area (Å²) >= 11 is 0. The molecule has 1 aliphatic rings. The molecule has 1 aromatic rings. The number of carbonyl (C=O) groups is 3. The van der Waals surface area contributed by atoms with Crippen molar-refractivity contribution in [2.75, 3.05) is 19.6 Å². The smallest absolute Gasteiger partial charge is 0.237 e. The first-order chi connectivity index (χ1) is 11.4. The maximum absolute atomic E-state index is 13.8. The third-order valence-electron chi connectivity index (χ3n) is 3.69. The molecule has 1 aliphatic heterocycles. The van der Waals surface area contributed by atoms with Crippen molar-refractivity contribution >= 4 is 17.7 Å². The fourth-order valence-corrected chi connectivity index (χ4v) is 2.50. The summed E-state index contributed by atoms with van der Waals surface area (Å²) in [6.07, 6.45) is -0.212. The minimum absolute atomic E-state index is 0.00915. The molecule has 0 aromatic heterocycles. The normalized spacial score (nSPS) is 18.1. The highest BCUT2D eigenvalue weighted by atomic mass is 19.2. The fraction of sp³-hybridized carbons (Fsp3) is 0.400. The van der Waals surface area contributed by atoms with Crippen LogP contribution in [0.2, 0.25) is 0 Å². The molecule has 0 aliphatic carbocycles. The van der Waals surface area contributed by atoms with E-state index in [0.29, 0.717) is 13.1 Å². The number of benzene rings is 1. The van der Waals surface area contributed by atoms with Crippen LogP contribution in [0.4, 0.5) is 8.78 Å². The van der Waals surface area contributed by atoms with Gasteiger partial charge in [0.05, 0.1) is 19.0 Å². The molecule has 7 nitrogen and oxygen atoms in total. The second kappa shape index (κ2) is 7.82. The van der Waals surface area contributed by atoms with E-state index >= 15 is 0 Å². The maximum atomic E-state index is 13.8. The summed E-state index contributed by atoms with van der Waals surface area (Å²) in [5, 5.41) is 4.92. The van der Waals surface area contributed by atoms with E-state index in [2.05, 4.69) is 10.6 Å². The van der Waals surface area contributed by atoms with Gasteiger partial charge < -0.3 is 16.4 Å². The highest BCUT2D eigenvalue weighted by Crippen LogP contribution is 2.17. The molecule has 2 rings (SSSR count). The molecule has 1 aromatic carbocycles. The lowest BCUT2D eigenvalue weighted by molar-refractivity contribution is -0.134. The van der Waals surface area contributed by atoms with Crippen molar-refractivity contribution in [3.8, 4) is 0 Å². The predicted molar refractivity (Wildman–Crippen MR) is 80.4 cm³/mol. The third-order valence-corrected chi connectivity index (χ3v) is 3.69. The Morgan fingerprint density at radius 1 is 1.38 bits per heavy atom. The summed E-state index contributed by atoms with van der Waals surface area (Å²) in [5.41, 5.74) is 5.04. The van der Waals surface area contributed by atoms with E-state index in [1.54, 1.807) is 4.90 Å². The van der Waals surface area contributed by atoms with Gasteiger partial charge in [0.1, 0.15) is 0 Å². The van der Waals surface area contributed by atoms with Gasteiger partial charge in [0.25, 0.3) is 0 Å². The number of amides is 3. The van der Waals surface area contributed by atoms with Crippen molar-refractivity contribution in [3.05, 3.63) is 35.4 Å². The summed E-state index contributed by atoms with van der Waals surface area (Å²) in [7, 11) is 0. The SMILES string of the molecule is NC(=O)CNC(=O)CC1C(=O)NCCN1Cc1cccc(F)c1F. The Kier molecular flexibility index (Phi) is 5.80. The average molecular weight is 340 g/mol. The van der Waals surface area contributed by atoms with Crippen LogP contribution in [0.3, 0.4) is 0 Å². The molecule has 9 heteroatoms. The maximum Gasteiger partial charge on any atom is 0.237 e. The molecule has 130 valence electrons. The van der Waals surface area contributed by atoms with Crippen molar-refractivity contribution in [1.29, 1.82) is 0 Å². The number of hydrogen-bond acceptors (Lipinski definition) is 4. The number of nitrogens with two attached hydrogens (primary N) is 1. The highest BCUT2D eigenvalue weighted by Gasteiger charge is 2.32. The molecule has 1 saturated heterocycles. The molecule has 0 bridgehead atoms. The van der Waals surface area contributed by atoms with Crippen LogP contribution >= 0.6 is 0 Å². The van der Waals surface area contributed by atoms with Crippen LogP contribution in [0.15, 0.2) is 18.2 Å². The predicted octanol–water partition coefficient (Wildman–Crippen LogP) is -0.743. The molecular formula is C15H18F2N4O3. The molecule has 0 radical (unpaired) electrons. The van der Waals surface area contributed by atoms with Crippen LogP contribution in [0, 0.1) is 11.6 Å². The molecule has 4 N–H and O–H groups in total. The van der Waals surface area contributed by atoms with Crippen LogP contribution in [0.5, 0.6) is 0 Å². The minimum atomic E-state index is -0.972. The van der Waals surface area contributed by atoms with Crippen molar-refractivity contribution in [1.82, 2.24) is 15.5 Å². The number of hydrogen-bond donors (Lipinski definition) is 3. The van der Waals surface area contributed by atoms with Crippen molar-refractivity contribution in [3.63, 3.8) is 0 Å². The number of piperazine rings is 1. The van der Waals surface area contributed by atoms with E-state index in [9.17, 15) is 23.2 Å². The quantitative estimate of drug-likeness (QED) is 0.634. The second-order valence-electron chi connectivity index (χ2n) is 5.44. The van der Waals surface area contributed by atoms with Gasteiger partial charge in [-0.2, -0.15) is 0 Å². The van der Waals surface area contributed by atoms with Crippen LogP contribution in [0.1, 0.15) is 12.0 Å². The van der Waals surface area contributed by atoms with E-state index in [4.69, 9.17) is 5.73 Å². The van der Waals surface area contributed by atoms with E-state index in [-0.39, 0.29) is 31.0 Å². The summed E-state index contributed by atoms with van der Waals surface area (Å²) in [6, 6.07) is 2.98. The van der Waals surface area contributed by atoms with Gasteiger partial charge in [0, 0.05) is 25.2 Å². The lowest BCUT2D eigenvalue weighted by Gasteiger charge is -2.34. The van der Waals surface area contributed by atoms with Crippen LogP contribution in [-0.2, 0) is 20.9 Å². The summed E-state index contributed by atoms with van der Waals surface area (Å²) in [5.74, 6) is -3.55. The van der Waals surface area contributed by atoms with Crippen LogP contribution < -0.4 is 16.4 Å². The van der Waals surface area contributed by atoms with Gasteiger partial charge in [0.2, 0.25) is 17.7 Å². The number of primary amides is 1. The summed E-state index contributed by atoms with van der Waals surface area (Å²) < 4.78 is 27.1. The van der Waals surface area contributed by atoms with Crippen molar-refractivity contribution in [2.45, 2.75) is 19.0 Å². The zero-order valence-corrected chi connectivity index (χ0v) is 12.9. The molecule has 24 heavy (non-hydrogen) atoms. The number of nitrogens with zero attached hydrogens (tertiary/aromatic N) is 1. The van der Waals surface area contributed by atoms with E-state index in [1.807, 2.05) is 0 Å². The summed E-state index contributed by atoms with van der Waals surface area (Å²) in [4.78, 5) is 36.1. The topological polar surface area (TPSA) is 105 Å². The van der Waals surface area contributed by atoms with Gasteiger partial charge in [-0.05, 0) is 6.07 Å². The third kappa shape index (κ3) is 4.48. The zero-order valence-electron chi connectivity index (χ0n) is 12.9. The number of halogens is 2. The Bertz CT molecular complexity index is 654. The molecule has 1 fully saturated rings. The number of carbonyl (C=O) groups excluding carboxylic acids is 3. The molecule has 1 unspecified atom stereocenters. The van der Waals surface area contributed by atoms with E-state index < -0.39 is 29.5 Å². The highest BCUT2D eigenvalue weighted by molar-refractivity contribution is 5.90. The number of nitrogens with one attached hydrogen (secondary N) is 2. The largest absolute Gasteiger partial charge is 0.368 e. The monoisotopic (exact) mass is 340 g/mol. The Balaban J connectivity index is 2.08. The van der Waals surface area contributed by atoms with Gasteiger partial charge in [0.15, 0.2) is 11.6 Å². The Morgan fingerprint density at radius 2 is 2.12 bits per heavy atom. The van der Waals surface area contributed by atoms with Gasteiger partial charge in [-0.25, -0.2) is 8.78 Å². The molecule has 3 amide bonds. The Hall–Kier alpha value is -2.55. The van der Waals surface area contributed by atoms with Crippen LogP contribution in [0.25, 0.3) is 0 Å². The Labute approximate surface area is 137 Å². The van der Waals surface area contributed by atoms with Gasteiger partial charge in [-0.3, -0.25) is 19.3 Å². The van der Waals surface area contributed by atoms with E-state index in [0.717, 1.165) is 6.07 Å². The summed E-state index contributed by atoms with van der Waals surface area (Å²) in [6.45, 7) is 0.390. The number of rotatable bonds is 6. The molecule has 1 atom stereocenters. The van der Waals surface area contributed by atoms with Crippen molar-refractivity contribution in [2.24, 2.45) is 5.73 Å². The van der Waals surface area contributed by atoms with Gasteiger partial charge in [-0.15, -0.1) is 0 Å². The van der Waals surface area contributed by atoms with Crippen molar-refractivity contribution < 1.29 is 23.2 Å². The average Bonchev–Trinajstić information content (AvgIpc) is 2.53. The van der Waals surface area contributed by atoms with Gasteiger partial charge in [-0.1, -0.05) is 12.1 Å². The molecule has 1 heterocycles. The fourth-order valence-electron chi connectivity index (χ4n) is 2.50. The zero-order chi connectivity index (χ0) is 17.7. The van der Waals surface area contributed by atoms with Gasteiger partial charge >= 0.3 is 0 Å². The minimum Gasteiger partial charge on any atom is -0.368 e. The van der Waals surface area contributed by atoms with E-state index in [1.165, 1.54) is 12.1 Å². The molecule has 0 saturated carbocycles. The van der Waals surface area contributed by atoms with Crippen LogP contribution in [-0.4, -0.2) is 48.3 Å². The standard InChI is InChI=1S/C15H18F2N4O3/c16-10-3-1-2-9(14(10)17)8-21-5-4-19-15(24)11(21)6-13(23)20-7-12(18)22/h1-3,11H,4-8H2,(H2,18,22)(H,19,24)(H,20,23). The lowest BCUT2D eigenvalue weighted by atomic mass is 10.1. The first-order valence-electron chi connectivity index (χ1n) is 7.38. The first kappa shape index (κ1) is 17.8. The molecular weight excluding hydrogens is 322 g/mol. The lowest BCUT2D eigenvalue weighted by Crippen LogP contribution is -2.56.